The summed E-state index contributed by atoms with van der Waals surface area (Å²) < 4.78 is 28.9. The fourth-order valence-corrected chi connectivity index (χ4v) is 7.95. The Bertz CT molecular complexity index is 2410. The fraction of sp³-hybridized carbons (Fsp3) is 0.154. The Kier molecular flexibility index (Phi) is 5.06. The minimum atomic E-state index is -1.15. The second-order valence-corrected chi connectivity index (χ2v) is 13.2. The second kappa shape index (κ2) is 8.69. The maximum absolute atomic E-state index is 14.4. The molecule has 45 heavy (non-hydrogen) atoms. The van der Waals surface area contributed by atoms with Crippen LogP contribution in [-0.2, 0) is 10.8 Å². The molecule has 0 radical (unpaired) electrons. The summed E-state index contributed by atoms with van der Waals surface area (Å²) in [6, 6.07) is 34.4. The summed E-state index contributed by atoms with van der Waals surface area (Å²) in [5.74, 6) is -0.0823. The van der Waals surface area contributed by atoms with Gasteiger partial charge in [0.2, 0.25) is 5.95 Å². The summed E-state index contributed by atoms with van der Waals surface area (Å²) in [5.41, 5.74) is 7.69. The Morgan fingerprint density at radius 2 is 0.956 bits per heavy atom. The molecule has 9 rings (SSSR count). The van der Waals surface area contributed by atoms with Crippen LogP contribution in [0.1, 0.15) is 49.9 Å². The van der Waals surface area contributed by atoms with E-state index in [1.54, 1.807) is 4.90 Å². The topological polar surface area (TPSA) is 41.9 Å². The third kappa shape index (κ3) is 3.42. The van der Waals surface area contributed by atoms with E-state index in [4.69, 9.17) is 0 Å². The van der Waals surface area contributed by atoms with E-state index in [9.17, 15) is 8.78 Å². The Balaban J connectivity index is 1.37. The average molecular weight is 591 g/mol. The quantitative estimate of drug-likeness (QED) is 0.179. The van der Waals surface area contributed by atoms with E-state index in [1.807, 2.05) is 18.2 Å². The van der Waals surface area contributed by atoms with Crippen LogP contribution in [-0.4, -0.2) is 15.0 Å². The van der Waals surface area contributed by atoms with Gasteiger partial charge < -0.3 is 0 Å². The predicted octanol–water partition coefficient (Wildman–Crippen LogP) is 10.0. The number of nitrogens with zero attached hydrogens (tertiary/aromatic N) is 4. The van der Waals surface area contributed by atoms with Crippen molar-refractivity contribution in [3.63, 3.8) is 0 Å². The van der Waals surface area contributed by atoms with Crippen LogP contribution in [0.2, 0.25) is 0 Å². The highest BCUT2D eigenvalue weighted by molar-refractivity contribution is 6.26. The van der Waals surface area contributed by atoms with Gasteiger partial charge in [0.05, 0.1) is 11.4 Å². The lowest BCUT2D eigenvalue weighted by atomic mass is 9.72. The first kappa shape index (κ1) is 26.2. The number of halogens is 2. The van der Waals surface area contributed by atoms with Crippen molar-refractivity contribution in [2.75, 3.05) is 4.90 Å². The summed E-state index contributed by atoms with van der Waals surface area (Å²) in [6.45, 7) is 8.91. The number of fused-ring (bicyclic) bond motifs is 11. The summed E-state index contributed by atoms with van der Waals surface area (Å²) >= 11 is 0. The van der Waals surface area contributed by atoms with Gasteiger partial charge in [-0.25, -0.2) is 0 Å². The molecule has 0 fully saturated rings. The molecule has 6 aromatic carbocycles. The number of hydrogen-bond donors (Lipinski definition) is 0. The molecule has 0 saturated heterocycles. The molecule has 2 heterocycles. The van der Waals surface area contributed by atoms with Crippen LogP contribution in [0.15, 0.2) is 97.1 Å². The fourth-order valence-electron chi connectivity index (χ4n) is 7.95. The largest absolute Gasteiger partial charge is 0.315 e. The highest BCUT2D eigenvalue weighted by Crippen LogP contribution is 2.58. The molecule has 4 nitrogen and oxygen atoms in total. The summed E-state index contributed by atoms with van der Waals surface area (Å²) in [7, 11) is 0. The lowest BCUT2D eigenvalue weighted by molar-refractivity contribution is 0.456. The van der Waals surface area contributed by atoms with Crippen LogP contribution in [0.25, 0.3) is 43.4 Å². The van der Waals surface area contributed by atoms with Gasteiger partial charge in [0.1, 0.15) is 0 Å². The van der Waals surface area contributed by atoms with E-state index in [0.717, 1.165) is 28.1 Å². The van der Waals surface area contributed by atoms with Crippen molar-refractivity contribution in [1.82, 2.24) is 15.0 Å². The van der Waals surface area contributed by atoms with Crippen molar-refractivity contribution in [3.05, 3.63) is 131 Å². The molecule has 1 aromatic heterocycles. The molecule has 7 aromatic rings. The first-order chi connectivity index (χ1) is 21.6. The monoisotopic (exact) mass is 590 g/mol. The highest BCUT2D eigenvalue weighted by atomic mass is 19.1. The molecule has 0 spiro atoms. The van der Waals surface area contributed by atoms with E-state index in [-0.39, 0.29) is 11.4 Å². The number of anilines is 3. The summed E-state index contributed by atoms with van der Waals surface area (Å²) in [5, 5.41) is 7.43. The van der Waals surface area contributed by atoms with Gasteiger partial charge in [-0.1, -0.05) is 94.4 Å². The number of para-hydroxylation sites is 1. The molecule has 6 heteroatoms. The maximum atomic E-state index is 14.4. The molecule has 0 unspecified atom stereocenters. The average Bonchev–Trinajstić information content (AvgIpc) is 3.24. The van der Waals surface area contributed by atoms with Crippen LogP contribution in [0.3, 0.4) is 0 Å². The highest BCUT2D eigenvalue weighted by Gasteiger charge is 2.43. The number of benzene rings is 6. The Morgan fingerprint density at radius 3 is 1.60 bits per heavy atom. The van der Waals surface area contributed by atoms with Crippen molar-refractivity contribution in [3.8, 4) is 11.1 Å². The molecule has 0 N–H and O–H groups in total. The van der Waals surface area contributed by atoms with Gasteiger partial charge in [0.25, 0.3) is 0 Å². The van der Waals surface area contributed by atoms with E-state index in [0.29, 0.717) is 0 Å². The zero-order valence-electron chi connectivity index (χ0n) is 25.3. The third-order valence-corrected chi connectivity index (χ3v) is 10.2. The summed E-state index contributed by atoms with van der Waals surface area (Å²) in [6.07, 6.45) is -2.30. The van der Waals surface area contributed by atoms with Crippen molar-refractivity contribution in [1.29, 1.82) is 0 Å². The standard InChI is InChI=1S/C39H28F2N4/c1-38(2)29-15-9-10-16-33(29)45(37-43-35(40)42-36(41)44-37)34-20-31-28(19-32(34)38)27-17-25-23-13-7-5-11-21(23)22-12-6-8-14-24(22)26(25)18-30(27)39(31,3)4/h5-20H,1-4H3. The Labute approximate surface area is 259 Å². The summed E-state index contributed by atoms with van der Waals surface area (Å²) in [4.78, 5) is 12.9. The smallest absolute Gasteiger partial charge is 0.278 e. The van der Waals surface area contributed by atoms with Crippen LogP contribution in [0.4, 0.5) is 26.1 Å². The number of aromatic nitrogens is 3. The molecule has 1 aliphatic carbocycles. The van der Waals surface area contributed by atoms with Gasteiger partial charge in [0, 0.05) is 10.8 Å². The van der Waals surface area contributed by atoms with Crippen LogP contribution >= 0.6 is 0 Å². The first-order valence-electron chi connectivity index (χ1n) is 15.2. The van der Waals surface area contributed by atoms with E-state index < -0.39 is 17.6 Å². The van der Waals surface area contributed by atoms with Crippen LogP contribution in [0, 0.1) is 12.2 Å². The zero-order valence-corrected chi connectivity index (χ0v) is 25.3. The minimum absolute atomic E-state index is 0.0823. The molecule has 1 aliphatic heterocycles. The minimum Gasteiger partial charge on any atom is -0.278 e. The van der Waals surface area contributed by atoms with Crippen molar-refractivity contribution in [2.45, 2.75) is 38.5 Å². The van der Waals surface area contributed by atoms with E-state index in [1.165, 1.54) is 49.0 Å². The lowest BCUT2D eigenvalue weighted by Gasteiger charge is -2.41. The van der Waals surface area contributed by atoms with Crippen molar-refractivity contribution < 1.29 is 8.78 Å². The van der Waals surface area contributed by atoms with Gasteiger partial charge in [-0.15, -0.1) is 0 Å². The predicted molar refractivity (Wildman–Crippen MR) is 177 cm³/mol. The molecule has 0 amide bonds. The van der Waals surface area contributed by atoms with Crippen molar-refractivity contribution in [2.24, 2.45) is 0 Å². The molecule has 0 atom stereocenters. The molecular formula is C39H28F2N4. The van der Waals surface area contributed by atoms with E-state index in [2.05, 4.69) is 122 Å². The molecular weight excluding hydrogens is 562 g/mol. The van der Waals surface area contributed by atoms with Gasteiger partial charge in [-0.3, -0.25) is 4.90 Å². The SMILES string of the molecule is CC1(C)c2cc3c(cc2-c2cc4c5ccccc5c5ccccc5c4cc21)C(C)(C)c1ccccc1N3c1nc(F)nc(F)n1. The first-order valence-corrected chi connectivity index (χ1v) is 15.2. The Hall–Kier alpha value is -5.23. The normalized spacial score (nSPS) is 15.6. The molecule has 218 valence electrons. The van der Waals surface area contributed by atoms with Gasteiger partial charge in [0.15, 0.2) is 0 Å². The number of hydrogen-bond acceptors (Lipinski definition) is 4. The molecule has 0 saturated carbocycles. The maximum Gasteiger partial charge on any atom is 0.315 e. The van der Waals surface area contributed by atoms with Crippen LogP contribution in [0.5, 0.6) is 0 Å². The van der Waals surface area contributed by atoms with Crippen molar-refractivity contribution >= 4 is 49.6 Å². The number of rotatable bonds is 1. The third-order valence-electron chi connectivity index (χ3n) is 10.2. The van der Waals surface area contributed by atoms with Gasteiger partial charge in [-0.05, 0) is 96.0 Å². The van der Waals surface area contributed by atoms with Crippen LogP contribution < -0.4 is 4.90 Å². The van der Waals surface area contributed by atoms with Gasteiger partial charge >= 0.3 is 12.2 Å². The lowest BCUT2D eigenvalue weighted by Crippen LogP contribution is -2.32. The van der Waals surface area contributed by atoms with Gasteiger partial charge in [-0.2, -0.15) is 23.7 Å². The molecule has 0 bridgehead atoms. The second-order valence-electron chi connectivity index (χ2n) is 13.2. The zero-order chi connectivity index (χ0) is 30.8. The Morgan fingerprint density at radius 1 is 0.467 bits per heavy atom. The molecule has 2 aliphatic rings. The van der Waals surface area contributed by atoms with E-state index >= 15 is 0 Å².